The van der Waals surface area contributed by atoms with Gasteiger partial charge in [-0.1, -0.05) is 23.8 Å². The number of nitrogens with one attached hydrogen (secondary N) is 2. The third-order valence-electron chi connectivity index (χ3n) is 3.68. The molecule has 0 aliphatic heterocycles. The highest BCUT2D eigenvalue weighted by molar-refractivity contribution is 7.89. The number of sulfonamides is 1. The summed E-state index contributed by atoms with van der Waals surface area (Å²) in [6.45, 7) is 5.91. The van der Waals surface area contributed by atoms with Crippen LogP contribution in [-0.4, -0.2) is 25.9 Å². The van der Waals surface area contributed by atoms with E-state index >= 15 is 0 Å². The number of nitrogens with zero attached hydrogens (tertiary/aromatic N) is 1. The van der Waals surface area contributed by atoms with Gasteiger partial charge in [0.05, 0.1) is 17.1 Å². The Morgan fingerprint density at radius 1 is 1.12 bits per heavy atom. The van der Waals surface area contributed by atoms with Crippen LogP contribution in [0.15, 0.2) is 41.3 Å². The summed E-state index contributed by atoms with van der Waals surface area (Å²) in [5, 5.41) is 2.73. The summed E-state index contributed by atoms with van der Waals surface area (Å²) in [6.07, 6.45) is 0.0654. The highest BCUT2D eigenvalue weighted by Crippen LogP contribution is 2.16. The fraction of sp³-hybridized carbons (Fsp3) is 0.333. The van der Waals surface area contributed by atoms with Gasteiger partial charge in [-0.15, -0.1) is 0 Å². The van der Waals surface area contributed by atoms with Gasteiger partial charge in [0.1, 0.15) is 0 Å². The van der Waals surface area contributed by atoms with Crippen molar-refractivity contribution in [2.45, 2.75) is 38.6 Å². The summed E-state index contributed by atoms with van der Waals surface area (Å²) in [5.41, 5.74) is 3.33. The first-order chi connectivity index (χ1) is 11.8. The monoisotopic (exact) mass is 361 g/mol. The van der Waals surface area contributed by atoms with Crippen LogP contribution in [0.1, 0.15) is 28.9 Å². The number of aromatic nitrogens is 1. The third-order valence-corrected chi connectivity index (χ3v) is 5.30. The quantitative estimate of drug-likeness (QED) is 0.789. The van der Waals surface area contributed by atoms with Crippen LogP contribution in [0.3, 0.4) is 0 Å². The minimum Gasteiger partial charge on any atom is -0.350 e. The summed E-state index contributed by atoms with van der Waals surface area (Å²) in [5.74, 6) is -0.230. The largest absolute Gasteiger partial charge is 0.350 e. The van der Waals surface area contributed by atoms with E-state index < -0.39 is 10.0 Å². The van der Waals surface area contributed by atoms with Crippen molar-refractivity contribution in [3.63, 3.8) is 0 Å². The maximum absolute atomic E-state index is 12.3. The zero-order valence-corrected chi connectivity index (χ0v) is 15.5. The number of pyridine rings is 1. The first kappa shape index (κ1) is 19.1. The Balaban J connectivity index is 1.83. The molecule has 0 fully saturated rings. The second kappa shape index (κ2) is 8.22. The molecule has 0 atom stereocenters. The molecule has 0 aliphatic carbocycles. The van der Waals surface area contributed by atoms with Gasteiger partial charge >= 0.3 is 0 Å². The van der Waals surface area contributed by atoms with Gasteiger partial charge in [0.15, 0.2) is 0 Å². The second-order valence-corrected chi connectivity index (χ2v) is 7.70. The molecular weight excluding hydrogens is 338 g/mol. The maximum Gasteiger partial charge on any atom is 0.240 e. The maximum atomic E-state index is 12.3. The summed E-state index contributed by atoms with van der Waals surface area (Å²) >= 11 is 0. The van der Waals surface area contributed by atoms with E-state index in [-0.39, 0.29) is 23.8 Å². The summed E-state index contributed by atoms with van der Waals surface area (Å²) in [6, 6.07) is 10.7. The molecule has 1 amide bonds. The Morgan fingerprint density at radius 3 is 2.56 bits per heavy atom. The lowest BCUT2D eigenvalue weighted by atomic mass is 10.2. The van der Waals surface area contributed by atoms with Crippen LogP contribution in [0, 0.1) is 20.8 Å². The first-order valence-corrected chi connectivity index (χ1v) is 9.52. The highest BCUT2D eigenvalue weighted by atomic mass is 32.2. The average Bonchev–Trinajstić information content (AvgIpc) is 2.52. The predicted molar refractivity (Wildman–Crippen MR) is 96.5 cm³/mol. The van der Waals surface area contributed by atoms with Gasteiger partial charge in [0.25, 0.3) is 0 Å². The van der Waals surface area contributed by atoms with E-state index in [1.54, 1.807) is 19.1 Å². The van der Waals surface area contributed by atoms with E-state index in [0.717, 1.165) is 17.0 Å². The van der Waals surface area contributed by atoms with E-state index in [4.69, 9.17) is 0 Å². The molecule has 1 aromatic carbocycles. The predicted octanol–water partition coefficient (Wildman–Crippen LogP) is 1.99. The Labute approximate surface area is 148 Å². The minimum absolute atomic E-state index is 0.0444. The van der Waals surface area contributed by atoms with Crippen molar-refractivity contribution < 1.29 is 13.2 Å². The smallest absolute Gasteiger partial charge is 0.240 e. The van der Waals surface area contributed by atoms with Crippen molar-refractivity contribution in [1.82, 2.24) is 15.0 Å². The van der Waals surface area contributed by atoms with Crippen LogP contribution in [0.25, 0.3) is 0 Å². The van der Waals surface area contributed by atoms with Gasteiger partial charge in [0, 0.05) is 18.7 Å². The van der Waals surface area contributed by atoms with Gasteiger partial charge < -0.3 is 5.32 Å². The number of aryl methyl sites for hydroxylation is 3. The lowest BCUT2D eigenvalue weighted by Gasteiger charge is -2.10. The minimum atomic E-state index is -3.62. The molecule has 7 heteroatoms. The van der Waals surface area contributed by atoms with E-state index in [0.29, 0.717) is 12.1 Å². The topological polar surface area (TPSA) is 88.2 Å². The van der Waals surface area contributed by atoms with E-state index in [9.17, 15) is 13.2 Å². The van der Waals surface area contributed by atoms with Gasteiger partial charge in [-0.05, 0) is 44.5 Å². The van der Waals surface area contributed by atoms with Crippen molar-refractivity contribution in [3.05, 3.63) is 58.9 Å². The number of benzene rings is 1. The van der Waals surface area contributed by atoms with E-state index in [1.165, 1.54) is 0 Å². The van der Waals surface area contributed by atoms with E-state index in [1.807, 2.05) is 38.1 Å². The molecule has 0 spiro atoms. The van der Waals surface area contributed by atoms with E-state index in [2.05, 4.69) is 15.0 Å². The Morgan fingerprint density at radius 2 is 1.88 bits per heavy atom. The van der Waals surface area contributed by atoms with Crippen LogP contribution in [0.2, 0.25) is 0 Å². The van der Waals surface area contributed by atoms with Crippen molar-refractivity contribution in [1.29, 1.82) is 0 Å². The van der Waals surface area contributed by atoms with Crippen molar-refractivity contribution in [2.24, 2.45) is 0 Å². The molecule has 2 rings (SSSR count). The first-order valence-electron chi connectivity index (χ1n) is 8.04. The van der Waals surface area contributed by atoms with Crippen LogP contribution < -0.4 is 10.0 Å². The second-order valence-electron chi connectivity index (χ2n) is 5.96. The average molecular weight is 361 g/mol. The Kier molecular flexibility index (Phi) is 6.27. The van der Waals surface area contributed by atoms with Crippen molar-refractivity contribution >= 4 is 15.9 Å². The molecule has 6 nitrogen and oxygen atoms in total. The molecule has 0 saturated carbocycles. The fourth-order valence-electron chi connectivity index (χ4n) is 2.45. The normalized spacial score (nSPS) is 11.3. The Hall–Kier alpha value is -2.25. The highest BCUT2D eigenvalue weighted by Gasteiger charge is 2.16. The standard InChI is InChI=1S/C18H23N3O3S/c1-13-7-8-17(14(2)11-13)25(23,24)20-10-9-18(22)19-12-16-6-4-5-15(3)21-16/h4-8,11,20H,9-10,12H2,1-3H3,(H,19,22). The summed E-state index contributed by atoms with van der Waals surface area (Å²) in [4.78, 5) is 16.4. The van der Waals surface area contributed by atoms with Crippen molar-refractivity contribution in [3.8, 4) is 0 Å². The third kappa shape index (κ3) is 5.65. The zero-order valence-electron chi connectivity index (χ0n) is 14.7. The summed E-state index contributed by atoms with van der Waals surface area (Å²) < 4.78 is 27.1. The molecular formula is C18H23N3O3S. The SMILES string of the molecule is Cc1ccc(S(=O)(=O)NCCC(=O)NCc2cccc(C)n2)c(C)c1. The molecule has 2 aromatic rings. The van der Waals surface area contributed by atoms with Crippen LogP contribution >= 0.6 is 0 Å². The lowest BCUT2D eigenvalue weighted by Crippen LogP contribution is -2.31. The molecule has 0 aliphatic rings. The molecule has 0 unspecified atom stereocenters. The molecule has 134 valence electrons. The number of hydrogen-bond donors (Lipinski definition) is 2. The summed E-state index contributed by atoms with van der Waals surface area (Å²) in [7, 11) is -3.62. The van der Waals surface area contributed by atoms with Gasteiger partial charge in [0.2, 0.25) is 15.9 Å². The van der Waals surface area contributed by atoms with Crippen LogP contribution in [0.4, 0.5) is 0 Å². The lowest BCUT2D eigenvalue weighted by molar-refractivity contribution is -0.121. The zero-order chi connectivity index (χ0) is 18.4. The van der Waals surface area contributed by atoms with Gasteiger partial charge in [-0.3, -0.25) is 9.78 Å². The molecule has 25 heavy (non-hydrogen) atoms. The molecule has 0 saturated heterocycles. The van der Waals surface area contributed by atoms with Crippen LogP contribution in [0.5, 0.6) is 0 Å². The number of carbonyl (C=O) groups excluding carboxylic acids is 1. The molecule has 1 aromatic heterocycles. The molecule has 0 bridgehead atoms. The van der Waals surface area contributed by atoms with Gasteiger partial charge in [-0.25, -0.2) is 13.1 Å². The molecule has 1 heterocycles. The van der Waals surface area contributed by atoms with Gasteiger partial charge in [-0.2, -0.15) is 0 Å². The van der Waals surface area contributed by atoms with Crippen LogP contribution in [-0.2, 0) is 21.4 Å². The number of carbonyl (C=O) groups is 1. The Bertz CT molecular complexity index is 864. The number of amides is 1. The number of rotatable bonds is 7. The fourth-order valence-corrected chi connectivity index (χ4v) is 3.71. The van der Waals surface area contributed by atoms with Crippen molar-refractivity contribution in [2.75, 3.05) is 6.54 Å². The molecule has 0 radical (unpaired) electrons. The molecule has 2 N–H and O–H groups in total. The number of hydrogen-bond acceptors (Lipinski definition) is 4.